The van der Waals surface area contributed by atoms with Gasteiger partial charge in [-0.05, 0) is 39.0 Å². The normalized spacial score (nSPS) is 43.0. The zero-order valence-electron chi connectivity index (χ0n) is 12.8. The molecule has 1 aliphatic heterocycles. The lowest BCUT2D eigenvalue weighted by atomic mass is 9.80. The second-order valence-corrected chi connectivity index (χ2v) is 6.84. The Labute approximate surface area is 114 Å². The van der Waals surface area contributed by atoms with E-state index in [9.17, 15) is 0 Å². The Balaban J connectivity index is 2.08. The summed E-state index contributed by atoms with van der Waals surface area (Å²) in [5, 5.41) is 3.76. The highest BCUT2D eigenvalue weighted by Gasteiger charge is 2.38. The first-order valence-corrected chi connectivity index (χ1v) is 8.10. The molecule has 4 atom stereocenters. The monoisotopic (exact) mass is 252 g/mol. The first kappa shape index (κ1) is 14.3. The topological polar surface area (TPSA) is 15.3 Å². The summed E-state index contributed by atoms with van der Waals surface area (Å²) in [6.07, 6.45) is 8.40. The molecule has 2 rings (SSSR count). The Morgan fingerprint density at radius 2 is 1.94 bits per heavy atom. The van der Waals surface area contributed by atoms with E-state index in [-0.39, 0.29) is 0 Å². The summed E-state index contributed by atoms with van der Waals surface area (Å²) in [7, 11) is 0. The quantitative estimate of drug-likeness (QED) is 0.828. The van der Waals surface area contributed by atoms with Crippen LogP contribution in [0.2, 0.25) is 0 Å². The molecule has 0 spiro atoms. The molecule has 1 saturated carbocycles. The van der Waals surface area contributed by atoms with Crippen molar-refractivity contribution < 1.29 is 0 Å². The summed E-state index contributed by atoms with van der Waals surface area (Å²) in [5.41, 5.74) is 0.336. The Bertz CT molecular complexity index is 266. The van der Waals surface area contributed by atoms with E-state index in [1.54, 1.807) is 0 Å². The van der Waals surface area contributed by atoms with Gasteiger partial charge in [0.25, 0.3) is 0 Å². The van der Waals surface area contributed by atoms with Crippen molar-refractivity contribution in [3.8, 4) is 0 Å². The Morgan fingerprint density at radius 1 is 1.22 bits per heavy atom. The maximum atomic E-state index is 3.76. The van der Waals surface area contributed by atoms with Crippen molar-refractivity contribution in [1.29, 1.82) is 0 Å². The molecule has 1 N–H and O–H groups in total. The third-order valence-corrected chi connectivity index (χ3v) is 5.52. The maximum absolute atomic E-state index is 3.76. The van der Waals surface area contributed by atoms with Crippen LogP contribution in [0.1, 0.15) is 66.2 Å². The van der Waals surface area contributed by atoms with E-state index in [1.165, 1.54) is 45.1 Å². The van der Waals surface area contributed by atoms with Gasteiger partial charge in [-0.2, -0.15) is 0 Å². The summed E-state index contributed by atoms with van der Waals surface area (Å²) in [4.78, 5) is 2.84. The van der Waals surface area contributed by atoms with Gasteiger partial charge in [0.15, 0.2) is 0 Å². The SMILES string of the molecule is CCC1CCCCC1N1CC(C)(CC)NCC1C. The van der Waals surface area contributed by atoms with E-state index in [1.807, 2.05) is 0 Å². The molecule has 0 bridgehead atoms. The zero-order chi connectivity index (χ0) is 13.2. The minimum absolute atomic E-state index is 0.336. The first-order chi connectivity index (χ1) is 8.59. The van der Waals surface area contributed by atoms with Crippen molar-refractivity contribution in [2.24, 2.45) is 5.92 Å². The van der Waals surface area contributed by atoms with E-state index in [0.29, 0.717) is 11.6 Å². The molecule has 0 amide bonds. The molecule has 2 heteroatoms. The highest BCUT2D eigenvalue weighted by Crippen LogP contribution is 2.34. The van der Waals surface area contributed by atoms with Crippen LogP contribution in [0.3, 0.4) is 0 Å². The lowest BCUT2D eigenvalue weighted by molar-refractivity contribution is 0.0114. The highest BCUT2D eigenvalue weighted by molar-refractivity contribution is 4.97. The molecule has 2 nitrogen and oxygen atoms in total. The van der Waals surface area contributed by atoms with Gasteiger partial charge < -0.3 is 5.32 Å². The molecule has 1 aliphatic carbocycles. The van der Waals surface area contributed by atoms with Gasteiger partial charge in [0.1, 0.15) is 0 Å². The van der Waals surface area contributed by atoms with E-state index in [4.69, 9.17) is 0 Å². The van der Waals surface area contributed by atoms with Crippen LogP contribution in [0, 0.1) is 5.92 Å². The standard InChI is InChI=1S/C16H32N2/c1-5-14-9-7-8-10-15(14)18-12-16(4,6-2)17-11-13(18)3/h13-15,17H,5-12H2,1-4H3. The van der Waals surface area contributed by atoms with Gasteiger partial charge in [-0.3, -0.25) is 4.90 Å². The lowest BCUT2D eigenvalue weighted by Gasteiger charge is -2.51. The Kier molecular flexibility index (Phi) is 4.71. The fraction of sp³-hybridized carbons (Fsp3) is 1.00. The summed E-state index contributed by atoms with van der Waals surface area (Å²) in [6, 6.07) is 1.56. The first-order valence-electron chi connectivity index (χ1n) is 8.10. The number of nitrogens with one attached hydrogen (secondary N) is 1. The fourth-order valence-corrected chi connectivity index (χ4v) is 3.91. The molecule has 0 aromatic heterocycles. The van der Waals surface area contributed by atoms with Crippen LogP contribution in [-0.2, 0) is 0 Å². The molecule has 0 aromatic carbocycles. The van der Waals surface area contributed by atoms with Crippen LogP contribution in [0.25, 0.3) is 0 Å². The molecule has 4 unspecified atom stereocenters. The molecule has 1 heterocycles. The average Bonchev–Trinajstić information content (AvgIpc) is 2.42. The molecule has 2 aliphatic rings. The Hall–Kier alpha value is -0.0800. The summed E-state index contributed by atoms with van der Waals surface area (Å²) < 4.78 is 0. The summed E-state index contributed by atoms with van der Waals surface area (Å²) in [5.74, 6) is 0.945. The van der Waals surface area contributed by atoms with Crippen LogP contribution in [0.15, 0.2) is 0 Å². The molecular weight excluding hydrogens is 220 g/mol. The lowest BCUT2D eigenvalue weighted by Crippen LogP contribution is -2.65. The predicted octanol–water partition coefficient (Wildman–Crippen LogP) is 3.42. The minimum atomic E-state index is 0.336. The third kappa shape index (κ3) is 2.91. The van der Waals surface area contributed by atoms with Gasteiger partial charge in [0.05, 0.1) is 0 Å². The zero-order valence-corrected chi connectivity index (χ0v) is 12.8. The highest BCUT2D eigenvalue weighted by atomic mass is 15.3. The molecule has 1 saturated heterocycles. The second-order valence-electron chi connectivity index (χ2n) is 6.84. The van der Waals surface area contributed by atoms with Crippen LogP contribution >= 0.6 is 0 Å². The average molecular weight is 252 g/mol. The molecular formula is C16H32N2. The summed E-state index contributed by atoms with van der Waals surface area (Å²) >= 11 is 0. The maximum Gasteiger partial charge on any atom is 0.0278 e. The van der Waals surface area contributed by atoms with Crippen LogP contribution in [-0.4, -0.2) is 35.6 Å². The van der Waals surface area contributed by atoms with Crippen LogP contribution in [0.4, 0.5) is 0 Å². The smallest absolute Gasteiger partial charge is 0.0278 e. The van der Waals surface area contributed by atoms with Crippen molar-refractivity contribution in [3.05, 3.63) is 0 Å². The number of hydrogen-bond donors (Lipinski definition) is 1. The number of nitrogens with zero attached hydrogens (tertiary/aromatic N) is 1. The predicted molar refractivity (Wildman–Crippen MR) is 78.9 cm³/mol. The van der Waals surface area contributed by atoms with E-state index in [2.05, 4.69) is 37.9 Å². The van der Waals surface area contributed by atoms with Crippen molar-refractivity contribution in [2.75, 3.05) is 13.1 Å². The van der Waals surface area contributed by atoms with Gasteiger partial charge in [-0.1, -0.05) is 33.1 Å². The van der Waals surface area contributed by atoms with Gasteiger partial charge in [0.2, 0.25) is 0 Å². The second kappa shape index (κ2) is 5.92. The van der Waals surface area contributed by atoms with Gasteiger partial charge in [0, 0.05) is 30.7 Å². The number of piperazine rings is 1. The van der Waals surface area contributed by atoms with Gasteiger partial charge in [-0.25, -0.2) is 0 Å². The van der Waals surface area contributed by atoms with Crippen molar-refractivity contribution in [2.45, 2.75) is 83.8 Å². The largest absolute Gasteiger partial charge is 0.309 e. The Morgan fingerprint density at radius 3 is 2.61 bits per heavy atom. The van der Waals surface area contributed by atoms with Crippen molar-refractivity contribution in [1.82, 2.24) is 10.2 Å². The van der Waals surface area contributed by atoms with E-state index >= 15 is 0 Å². The number of hydrogen-bond acceptors (Lipinski definition) is 2. The van der Waals surface area contributed by atoms with Crippen LogP contribution < -0.4 is 5.32 Å². The van der Waals surface area contributed by atoms with Crippen molar-refractivity contribution in [3.63, 3.8) is 0 Å². The third-order valence-electron chi connectivity index (χ3n) is 5.52. The molecule has 18 heavy (non-hydrogen) atoms. The number of rotatable bonds is 3. The minimum Gasteiger partial charge on any atom is -0.309 e. The molecule has 2 fully saturated rings. The van der Waals surface area contributed by atoms with E-state index < -0.39 is 0 Å². The molecule has 0 radical (unpaired) electrons. The van der Waals surface area contributed by atoms with Gasteiger partial charge >= 0.3 is 0 Å². The molecule has 0 aromatic rings. The van der Waals surface area contributed by atoms with E-state index in [0.717, 1.165) is 18.5 Å². The fourth-order valence-electron chi connectivity index (χ4n) is 3.91. The van der Waals surface area contributed by atoms with Crippen LogP contribution in [0.5, 0.6) is 0 Å². The summed E-state index contributed by atoms with van der Waals surface area (Å²) in [6.45, 7) is 11.9. The van der Waals surface area contributed by atoms with Crippen molar-refractivity contribution >= 4 is 0 Å². The van der Waals surface area contributed by atoms with Gasteiger partial charge in [-0.15, -0.1) is 0 Å². The molecule has 106 valence electrons.